The molecule has 0 saturated heterocycles. The zero-order valence-corrected chi connectivity index (χ0v) is 11.7. The lowest BCUT2D eigenvalue weighted by atomic mass is 10.1. The molecule has 1 unspecified atom stereocenters. The van der Waals surface area contributed by atoms with Crippen LogP contribution in [0.1, 0.15) is 11.6 Å². The van der Waals surface area contributed by atoms with Crippen molar-refractivity contribution < 1.29 is 18.6 Å². The summed E-state index contributed by atoms with van der Waals surface area (Å²) in [7, 11) is 0. The summed E-state index contributed by atoms with van der Waals surface area (Å²) in [4.78, 5) is 0.531. The molecule has 1 aliphatic heterocycles. The summed E-state index contributed by atoms with van der Waals surface area (Å²) in [6.45, 7) is 0.465. The van der Waals surface area contributed by atoms with Crippen LogP contribution < -0.4 is 10.1 Å². The summed E-state index contributed by atoms with van der Waals surface area (Å²) in [6.07, 6.45) is 0. The Morgan fingerprint density at radius 3 is 2.67 bits per heavy atom. The Kier molecular flexibility index (Phi) is 3.88. The van der Waals surface area contributed by atoms with E-state index in [4.69, 9.17) is 4.74 Å². The van der Waals surface area contributed by atoms with Gasteiger partial charge in [0.2, 0.25) is 0 Å². The quantitative estimate of drug-likeness (QED) is 0.828. The minimum atomic E-state index is -2.41. The van der Waals surface area contributed by atoms with Gasteiger partial charge in [-0.2, -0.15) is 8.78 Å². The Labute approximate surface area is 124 Å². The molecule has 2 aromatic rings. The number of aromatic hydroxyl groups is 1. The third-order valence-electron chi connectivity index (χ3n) is 3.20. The highest BCUT2D eigenvalue weighted by Gasteiger charge is 2.24. The van der Waals surface area contributed by atoms with E-state index in [0.717, 1.165) is 11.3 Å². The largest absolute Gasteiger partial charge is 0.508 e. The zero-order chi connectivity index (χ0) is 14.8. The van der Waals surface area contributed by atoms with E-state index in [1.807, 2.05) is 6.07 Å². The van der Waals surface area contributed by atoms with E-state index in [2.05, 4.69) is 5.32 Å². The number of phenolic OH excluding ortho intramolecular Hbond substituents is 1. The average Bonchev–Trinajstić information content (AvgIpc) is 2.83. The van der Waals surface area contributed by atoms with Crippen LogP contribution in [0.15, 0.2) is 47.4 Å². The first kappa shape index (κ1) is 14.0. The Morgan fingerprint density at radius 1 is 1.19 bits per heavy atom. The van der Waals surface area contributed by atoms with Crippen molar-refractivity contribution in [2.24, 2.45) is 0 Å². The highest BCUT2D eigenvalue weighted by molar-refractivity contribution is 7.99. The van der Waals surface area contributed by atoms with Gasteiger partial charge in [-0.25, -0.2) is 0 Å². The first-order chi connectivity index (χ1) is 10.1. The summed E-state index contributed by atoms with van der Waals surface area (Å²) in [6, 6.07) is 11.8. The fourth-order valence-electron chi connectivity index (χ4n) is 2.25. The van der Waals surface area contributed by atoms with Crippen LogP contribution in [-0.4, -0.2) is 17.5 Å². The number of rotatable bonds is 4. The number of phenols is 1. The van der Waals surface area contributed by atoms with E-state index in [1.54, 1.807) is 36.4 Å². The summed E-state index contributed by atoms with van der Waals surface area (Å²) >= 11 is 0.526. The Bertz CT molecular complexity index is 634. The second-order valence-corrected chi connectivity index (χ2v) is 5.70. The molecule has 21 heavy (non-hydrogen) atoms. The number of halogens is 2. The number of nitrogens with one attached hydrogen (secondary N) is 1. The van der Waals surface area contributed by atoms with E-state index < -0.39 is 5.76 Å². The predicted octanol–water partition coefficient (Wildman–Crippen LogP) is 4.25. The Hall–Kier alpha value is -1.95. The molecule has 0 spiro atoms. The van der Waals surface area contributed by atoms with Crippen LogP contribution in [-0.2, 0) is 0 Å². The lowest BCUT2D eigenvalue weighted by molar-refractivity contribution is 0.252. The maximum absolute atomic E-state index is 12.3. The van der Waals surface area contributed by atoms with E-state index in [1.165, 1.54) is 0 Å². The van der Waals surface area contributed by atoms with Crippen LogP contribution in [0.25, 0.3) is 0 Å². The number of anilines is 1. The number of thioether (sulfide) groups is 1. The van der Waals surface area contributed by atoms with E-state index in [9.17, 15) is 13.9 Å². The van der Waals surface area contributed by atoms with Crippen LogP contribution in [0.4, 0.5) is 14.5 Å². The molecule has 2 N–H and O–H groups in total. The molecular formula is C15H13F2NO2S. The number of ether oxygens (including phenoxy) is 1. The van der Waals surface area contributed by atoms with Gasteiger partial charge in [0.1, 0.15) is 18.1 Å². The minimum Gasteiger partial charge on any atom is -0.508 e. The maximum Gasteiger partial charge on any atom is 0.288 e. The SMILES string of the molecule is Oc1ccc2c(c1)OCC2Nc1ccc(SC(F)F)cc1. The predicted molar refractivity (Wildman–Crippen MR) is 78.3 cm³/mol. The molecule has 3 nitrogen and oxygen atoms in total. The van der Waals surface area contributed by atoms with Gasteiger partial charge in [0.15, 0.2) is 0 Å². The summed E-state index contributed by atoms with van der Waals surface area (Å²) in [5.41, 5.74) is 1.81. The molecule has 110 valence electrons. The molecule has 1 aliphatic rings. The van der Waals surface area contributed by atoms with Crippen LogP contribution in [0.2, 0.25) is 0 Å². The second-order valence-electron chi connectivity index (χ2n) is 4.63. The minimum absolute atomic E-state index is 0.0193. The van der Waals surface area contributed by atoms with Gasteiger partial charge in [0.25, 0.3) is 5.76 Å². The second kappa shape index (κ2) is 5.81. The maximum atomic E-state index is 12.3. The molecule has 0 aliphatic carbocycles. The molecule has 0 amide bonds. The highest BCUT2D eigenvalue weighted by Crippen LogP contribution is 2.37. The van der Waals surface area contributed by atoms with Crippen molar-refractivity contribution in [2.45, 2.75) is 16.7 Å². The molecule has 3 rings (SSSR count). The molecule has 1 heterocycles. The topological polar surface area (TPSA) is 41.5 Å². The molecule has 0 saturated carbocycles. The van der Waals surface area contributed by atoms with Crippen molar-refractivity contribution in [3.63, 3.8) is 0 Å². The van der Waals surface area contributed by atoms with Gasteiger partial charge in [-0.05, 0) is 36.4 Å². The molecule has 1 atom stereocenters. The smallest absolute Gasteiger partial charge is 0.288 e. The number of hydrogen-bond donors (Lipinski definition) is 2. The van der Waals surface area contributed by atoms with E-state index in [0.29, 0.717) is 29.0 Å². The summed E-state index contributed by atoms with van der Waals surface area (Å²) in [5, 5.41) is 12.7. The molecule has 0 aromatic heterocycles. The fraction of sp³-hybridized carbons (Fsp3) is 0.200. The molecule has 0 radical (unpaired) electrons. The third kappa shape index (κ3) is 3.21. The van der Waals surface area contributed by atoms with Crippen LogP contribution >= 0.6 is 11.8 Å². The molecule has 0 bridgehead atoms. The molecule has 0 fully saturated rings. The number of fused-ring (bicyclic) bond motifs is 1. The fourth-order valence-corrected chi connectivity index (χ4v) is 2.75. The molecular weight excluding hydrogens is 296 g/mol. The first-order valence-corrected chi connectivity index (χ1v) is 7.27. The number of benzene rings is 2. The van der Waals surface area contributed by atoms with Crippen molar-refractivity contribution in [1.82, 2.24) is 0 Å². The van der Waals surface area contributed by atoms with Crippen molar-refractivity contribution in [2.75, 3.05) is 11.9 Å². The van der Waals surface area contributed by atoms with Crippen LogP contribution in [0.5, 0.6) is 11.5 Å². The molecule has 6 heteroatoms. The highest BCUT2D eigenvalue weighted by atomic mass is 32.2. The van der Waals surface area contributed by atoms with Crippen LogP contribution in [0, 0.1) is 0 Å². The van der Waals surface area contributed by atoms with Crippen molar-refractivity contribution in [3.8, 4) is 11.5 Å². The monoisotopic (exact) mass is 309 g/mol. The summed E-state index contributed by atoms with van der Waals surface area (Å²) in [5.74, 6) is -1.58. The van der Waals surface area contributed by atoms with Gasteiger partial charge in [-0.3, -0.25) is 0 Å². The molecule has 2 aromatic carbocycles. The van der Waals surface area contributed by atoms with Crippen molar-refractivity contribution >= 4 is 17.4 Å². The van der Waals surface area contributed by atoms with Gasteiger partial charge < -0.3 is 15.2 Å². The van der Waals surface area contributed by atoms with Gasteiger partial charge in [-0.1, -0.05) is 11.8 Å². The average molecular weight is 309 g/mol. The Balaban J connectivity index is 1.71. The normalized spacial score (nSPS) is 16.6. The van der Waals surface area contributed by atoms with Crippen LogP contribution in [0.3, 0.4) is 0 Å². The lowest BCUT2D eigenvalue weighted by Gasteiger charge is -2.13. The van der Waals surface area contributed by atoms with Gasteiger partial charge in [0.05, 0.1) is 6.04 Å². The van der Waals surface area contributed by atoms with E-state index in [-0.39, 0.29) is 11.8 Å². The van der Waals surface area contributed by atoms with Crippen molar-refractivity contribution in [3.05, 3.63) is 48.0 Å². The standard InChI is InChI=1S/C15H13F2NO2S/c16-15(17)21-11-4-1-9(2-5-11)18-13-8-20-14-7-10(19)3-6-12(13)14/h1-7,13,15,18-19H,8H2. The lowest BCUT2D eigenvalue weighted by Crippen LogP contribution is -2.11. The van der Waals surface area contributed by atoms with Crippen molar-refractivity contribution in [1.29, 1.82) is 0 Å². The van der Waals surface area contributed by atoms with Gasteiger partial charge in [0, 0.05) is 22.2 Å². The number of alkyl halides is 2. The number of hydrogen-bond acceptors (Lipinski definition) is 4. The summed E-state index contributed by atoms with van der Waals surface area (Å²) < 4.78 is 30.0. The van der Waals surface area contributed by atoms with Gasteiger partial charge >= 0.3 is 0 Å². The Morgan fingerprint density at radius 2 is 1.95 bits per heavy atom. The van der Waals surface area contributed by atoms with E-state index >= 15 is 0 Å². The zero-order valence-electron chi connectivity index (χ0n) is 10.9. The van der Waals surface area contributed by atoms with Gasteiger partial charge in [-0.15, -0.1) is 0 Å². The first-order valence-electron chi connectivity index (χ1n) is 6.39. The third-order valence-corrected chi connectivity index (χ3v) is 3.92.